The summed E-state index contributed by atoms with van der Waals surface area (Å²) in [6.07, 6.45) is 3.23. The summed E-state index contributed by atoms with van der Waals surface area (Å²) in [5, 5.41) is 0.985. The number of nitrogens with zero attached hydrogens (tertiary/aromatic N) is 3. The Labute approximate surface area is 450 Å². The zero-order valence-electron chi connectivity index (χ0n) is 42.3. The van der Waals surface area contributed by atoms with E-state index in [1.807, 2.05) is 0 Å². The third-order valence-corrected chi connectivity index (χ3v) is 15.6. The van der Waals surface area contributed by atoms with Crippen LogP contribution in [0.5, 0.6) is 0 Å². The molecule has 11 aromatic carbocycles. The molecule has 0 N–H and O–H groups in total. The first-order valence-electron chi connectivity index (χ1n) is 26.6. The second kappa shape index (κ2) is 19.8. The summed E-state index contributed by atoms with van der Waals surface area (Å²) in [4.78, 5) is 16.9. The molecule has 2 heterocycles. The minimum absolute atomic E-state index is 0.0922. The van der Waals surface area contributed by atoms with E-state index in [0.29, 0.717) is 5.82 Å². The normalized spacial score (nSPS) is 14.6. The lowest BCUT2D eigenvalue weighted by molar-refractivity contribution is 0.859. The number of hydrogen-bond acceptors (Lipinski definition) is 3. The fourth-order valence-electron chi connectivity index (χ4n) is 11.7. The van der Waals surface area contributed by atoms with E-state index >= 15 is 0 Å². The first-order chi connectivity index (χ1) is 38.1. The van der Waals surface area contributed by atoms with Crippen molar-refractivity contribution in [1.29, 1.82) is 0 Å². The highest BCUT2D eigenvalue weighted by molar-refractivity contribution is 6.08. The molecule has 2 aliphatic rings. The van der Waals surface area contributed by atoms with Crippen molar-refractivity contribution in [2.75, 3.05) is 0 Å². The van der Waals surface area contributed by atoms with Crippen LogP contribution in [0.25, 0.3) is 89.7 Å². The van der Waals surface area contributed by atoms with E-state index in [0.717, 1.165) is 78.9 Å². The minimum Gasteiger partial charge on any atom is -0.252 e. The van der Waals surface area contributed by atoms with Crippen LogP contribution in [0.1, 0.15) is 50.8 Å². The molecule has 1 aromatic heterocycles. The summed E-state index contributed by atoms with van der Waals surface area (Å²) < 4.78 is 0. The molecule has 1 aliphatic carbocycles. The number of aromatic nitrogens is 2. The Bertz CT molecular complexity index is 4170. The SMILES string of the molecule is C1=C(c2ccccc2)C(c2ccccc2)c2ccc(-c3nc(-c4ccc5c(c4)N=C(c4ccccc4)C(c4ccccc4)C5)nc4c(-c5ccc(-c6ccccc6)cc5)cc(-c5ccc(-c6ccccc6)cc5)cc34)cc21. The monoisotopic (exact) mass is 981 g/mol. The Morgan fingerprint density at radius 3 is 1.45 bits per heavy atom. The molecule has 2 atom stereocenters. The van der Waals surface area contributed by atoms with Crippen LogP contribution in [0.15, 0.2) is 284 Å². The Morgan fingerprint density at radius 2 is 0.844 bits per heavy atom. The third-order valence-electron chi connectivity index (χ3n) is 15.6. The molecule has 362 valence electrons. The van der Waals surface area contributed by atoms with Crippen LogP contribution in [0, 0.1) is 0 Å². The predicted molar refractivity (Wildman–Crippen MR) is 320 cm³/mol. The Balaban J connectivity index is 0.987. The van der Waals surface area contributed by atoms with Crippen LogP contribution in [0.2, 0.25) is 0 Å². The molecule has 0 radical (unpaired) electrons. The zero-order chi connectivity index (χ0) is 51.1. The standard InChI is InChI=1S/C74H51N3/c1-7-19-49(20-8-1)51-31-33-53(34-32-51)62-45-67(56-37-35-52(36-38-56)50-21-9-2-10-22-50)73-68(46-62)72(60-41-42-64-63(43-60)47-65(54-23-11-3-12-24-54)70(64)57-27-15-5-16-28-57)76-74(77-73)61-40-39-59-44-66(55-25-13-4-14-26-55)71(75-69(59)48-61)58-29-17-6-18-30-58/h1-43,45-48,66,70H,44H2. The van der Waals surface area contributed by atoms with Gasteiger partial charge in [-0.15, -0.1) is 0 Å². The summed E-state index contributed by atoms with van der Waals surface area (Å²) in [6.45, 7) is 0. The predicted octanol–water partition coefficient (Wildman–Crippen LogP) is 18.8. The summed E-state index contributed by atoms with van der Waals surface area (Å²) >= 11 is 0. The molecule has 3 nitrogen and oxygen atoms in total. The summed E-state index contributed by atoms with van der Waals surface area (Å²) in [5.41, 5.74) is 24.7. The number of hydrogen-bond donors (Lipinski definition) is 0. The van der Waals surface area contributed by atoms with Gasteiger partial charge < -0.3 is 0 Å². The highest BCUT2D eigenvalue weighted by Gasteiger charge is 2.30. The molecule has 1 aliphatic heterocycles. The number of fused-ring (bicyclic) bond motifs is 3. The molecule has 0 saturated heterocycles. The number of rotatable bonds is 10. The van der Waals surface area contributed by atoms with Crippen molar-refractivity contribution in [2.24, 2.45) is 4.99 Å². The Kier molecular flexibility index (Phi) is 11.8. The molecule has 0 amide bonds. The van der Waals surface area contributed by atoms with Crippen LogP contribution < -0.4 is 0 Å². The van der Waals surface area contributed by atoms with E-state index < -0.39 is 0 Å². The lowest BCUT2D eigenvalue weighted by Gasteiger charge is -2.26. The van der Waals surface area contributed by atoms with E-state index in [9.17, 15) is 0 Å². The summed E-state index contributed by atoms with van der Waals surface area (Å²) in [5.74, 6) is 0.870. The van der Waals surface area contributed by atoms with Crippen molar-refractivity contribution >= 4 is 34.0 Å². The third kappa shape index (κ3) is 8.78. The second-order valence-corrected chi connectivity index (χ2v) is 20.2. The van der Waals surface area contributed by atoms with Gasteiger partial charge in [-0.1, -0.05) is 255 Å². The maximum Gasteiger partial charge on any atom is 0.160 e. The Morgan fingerprint density at radius 1 is 0.351 bits per heavy atom. The lowest BCUT2D eigenvalue weighted by atomic mass is 9.82. The van der Waals surface area contributed by atoms with Gasteiger partial charge >= 0.3 is 0 Å². The van der Waals surface area contributed by atoms with Crippen LogP contribution in [-0.2, 0) is 6.42 Å². The average Bonchev–Trinajstić information content (AvgIpc) is 3.97. The van der Waals surface area contributed by atoms with Gasteiger partial charge in [0.05, 0.1) is 22.6 Å². The van der Waals surface area contributed by atoms with E-state index in [1.165, 1.54) is 55.6 Å². The zero-order valence-corrected chi connectivity index (χ0v) is 42.3. The van der Waals surface area contributed by atoms with Gasteiger partial charge in [-0.25, -0.2) is 9.97 Å². The van der Waals surface area contributed by atoms with E-state index in [-0.39, 0.29) is 11.8 Å². The van der Waals surface area contributed by atoms with Gasteiger partial charge in [0.25, 0.3) is 0 Å². The van der Waals surface area contributed by atoms with Crippen molar-refractivity contribution in [3.05, 3.63) is 318 Å². The second-order valence-electron chi connectivity index (χ2n) is 20.2. The molecule has 3 heteroatoms. The van der Waals surface area contributed by atoms with E-state index in [2.05, 4.69) is 285 Å². The number of allylic oxidation sites excluding steroid dienone is 1. The molecule has 2 unspecified atom stereocenters. The van der Waals surface area contributed by atoms with Crippen LogP contribution >= 0.6 is 0 Å². The lowest BCUT2D eigenvalue weighted by Crippen LogP contribution is -2.20. The highest BCUT2D eigenvalue weighted by Crippen LogP contribution is 2.48. The maximum atomic E-state index is 5.71. The quantitative estimate of drug-likeness (QED) is 0.137. The fourth-order valence-corrected chi connectivity index (χ4v) is 11.7. The van der Waals surface area contributed by atoms with E-state index in [1.54, 1.807) is 0 Å². The summed E-state index contributed by atoms with van der Waals surface area (Å²) in [7, 11) is 0. The topological polar surface area (TPSA) is 38.1 Å². The molecule has 14 rings (SSSR count). The molecule has 0 saturated carbocycles. The van der Waals surface area contributed by atoms with Gasteiger partial charge in [0.2, 0.25) is 0 Å². The van der Waals surface area contributed by atoms with Crippen molar-refractivity contribution in [2.45, 2.75) is 18.3 Å². The number of aliphatic imine (C=N–C) groups is 1. The van der Waals surface area contributed by atoms with Gasteiger partial charge in [0.15, 0.2) is 5.82 Å². The molecule has 0 spiro atoms. The minimum atomic E-state index is 0.0922. The van der Waals surface area contributed by atoms with Gasteiger partial charge in [-0.05, 0) is 120 Å². The van der Waals surface area contributed by atoms with Crippen LogP contribution in [0.3, 0.4) is 0 Å². The smallest absolute Gasteiger partial charge is 0.160 e. The van der Waals surface area contributed by atoms with Gasteiger partial charge in [0.1, 0.15) is 0 Å². The van der Waals surface area contributed by atoms with Gasteiger partial charge in [0, 0.05) is 33.9 Å². The highest BCUT2D eigenvalue weighted by atomic mass is 14.9. The molecule has 0 bridgehead atoms. The first kappa shape index (κ1) is 45.8. The van der Waals surface area contributed by atoms with Crippen molar-refractivity contribution < 1.29 is 0 Å². The number of benzene rings is 11. The Hall–Kier alpha value is -9.83. The fraction of sp³-hybridized carbons (Fsp3) is 0.0405. The summed E-state index contributed by atoms with van der Waals surface area (Å²) in [6, 6.07) is 101. The first-order valence-corrected chi connectivity index (χ1v) is 26.6. The molecule has 0 fully saturated rings. The van der Waals surface area contributed by atoms with Crippen LogP contribution in [-0.4, -0.2) is 15.7 Å². The molecular formula is C74H51N3. The van der Waals surface area contributed by atoms with Gasteiger partial charge in [-0.2, -0.15) is 0 Å². The molecule has 77 heavy (non-hydrogen) atoms. The van der Waals surface area contributed by atoms with E-state index in [4.69, 9.17) is 15.0 Å². The van der Waals surface area contributed by atoms with Gasteiger partial charge in [-0.3, -0.25) is 4.99 Å². The molecular weight excluding hydrogens is 931 g/mol. The average molecular weight is 982 g/mol. The van der Waals surface area contributed by atoms with Crippen molar-refractivity contribution in [1.82, 2.24) is 9.97 Å². The molecule has 12 aromatic rings. The van der Waals surface area contributed by atoms with Crippen LogP contribution in [0.4, 0.5) is 5.69 Å². The van der Waals surface area contributed by atoms with Crippen molar-refractivity contribution in [3.63, 3.8) is 0 Å². The van der Waals surface area contributed by atoms with Crippen molar-refractivity contribution in [3.8, 4) is 67.2 Å². The maximum absolute atomic E-state index is 5.71. The largest absolute Gasteiger partial charge is 0.252 e.